The van der Waals surface area contributed by atoms with E-state index in [4.69, 9.17) is 9.26 Å². The molecule has 128 valence electrons. The molecule has 1 amide bonds. The summed E-state index contributed by atoms with van der Waals surface area (Å²) < 4.78 is 14.7. The molecule has 1 heterocycles. The van der Waals surface area contributed by atoms with E-state index in [1.807, 2.05) is 12.1 Å². The summed E-state index contributed by atoms with van der Waals surface area (Å²) >= 11 is 0. The Labute approximate surface area is 139 Å². The van der Waals surface area contributed by atoms with E-state index in [0.29, 0.717) is 18.1 Å². The van der Waals surface area contributed by atoms with Gasteiger partial charge in [0.15, 0.2) is 0 Å². The average Bonchev–Trinajstić information content (AvgIpc) is 3.09. The van der Waals surface area contributed by atoms with Crippen molar-refractivity contribution in [2.24, 2.45) is 0 Å². The average molecular weight is 333 g/mol. The summed E-state index contributed by atoms with van der Waals surface area (Å²) in [5.41, 5.74) is 0.799. The fraction of sp³-hybridized carbons (Fsp3) is 0.375. The monoisotopic (exact) mass is 333 g/mol. The van der Waals surface area contributed by atoms with Crippen LogP contribution in [0.1, 0.15) is 18.7 Å². The van der Waals surface area contributed by atoms with Gasteiger partial charge in [0.1, 0.15) is 5.75 Å². The van der Waals surface area contributed by atoms with E-state index in [-0.39, 0.29) is 31.3 Å². The minimum absolute atomic E-state index is 0.143. The Morgan fingerprint density at radius 1 is 1.17 bits per heavy atom. The second-order valence-corrected chi connectivity index (χ2v) is 4.92. The molecule has 0 saturated heterocycles. The molecule has 0 aliphatic carbocycles. The zero-order valence-electron chi connectivity index (χ0n) is 13.6. The van der Waals surface area contributed by atoms with Crippen molar-refractivity contribution in [3.8, 4) is 17.1 Å². The number of carbonyl (C=O) groups is 2. The Bertz CT molecular complexity index is 681. The number of rotatable bonds is 8. The van der Waals surface area contributed by atoms with Gasteiger partial charge in [0.05, 0.1) is 20.6 Å². The molecule has 0 atom stereocenters. The van der Waals surface area contributed by atoms with Crippen LogP contribution in [0.4, 0.5) is 0 Å². The van der Waals surface area contributed by atoms with Gasteiger partial charge in [-0.25, -0.2) is 0 Å². The number of benzene rings is 1. The maximum absolute atomic E-state index is 11.7. The highest BCUT2D eigenvalue weighted by Crippen LogP contribution is 2.19. The summed E-state index contributed by atoms with van der Waals surface area (Å²) in [4.78, 5) is 26.9. The van der Waals surface area contributed by atoms with Gasteiger partial charge >= 0.3 is 5.97 Å². The lowest BCUT2D eigenvalue weighted by Gasteiger charge is -2.02. The van der Waals surface area contributed by atoms with Crippen LogP contribution < -0.4 is 10.1 Å². The molecule has 8 nitrogen and oxygen atoms in total. The van der Waals surface area contributed by atoms with Gasteiger partial charge in [0, 0.05) is 24.9 Å². The third kappa shape index (κ3) is 5.08. The van der Waals surface area contributed by atoms with Crippen LogP contribution >= 0.6 is 0 Å². The van der Waals surface area contributed by atoms with Gasteiger partial charge in [-0.3, -0.25) is 9.59 Å². The molecule has 1 aromatic heterocycles. The fourth-order valence-electron chi connectivity index (χ4n) is 1.93. The number of aryl methyl sites for hydroxylation is 1. The van der Waals surface area contributed by atoms with Crippen LogP contribution in [0, 0.1) is 0 Å². The number of amides is 1. The molecule has 2 rings (SSSR count). The normalized spacial score (nSPS) is 10.2. The zero-order valence-corrected chi connectivity index (χ0v) is 13.6. The molecule has 0 fully saturated rings. The van der Waals surface area contributed by atoms with Crippen molar-refractivity contribution in [2.75, 3.05) is 20.8 Å². The standard InChI is InChI=1S/C16H19N3O5/c1-22-12-5-3-11(4-6-12)16-18-14(24-19-16)8-7-13(20)17-10-9-15(21)23-2/h3-6H,7-10H2,1-2H3,(H,17,20). The molecule has 0 radical (unpaired) electrons. The molecular weight excluding hydrogens is 314 g/mol. The number of hydrogen-bond donors (Lipinski definition) is 1. The summed E-state index contributed by atoms with van der Waals surface area (Å²) in [5, 5.41) is 6.52. The first kappa shape index (κ1) is 17.5. The van der Waals surface area contributed by atoms with Gasteiger partial charge in [-0.2, -0.15) is 4.98 Å². The van der Waals surface area contributed by atoms with Gasteiger partial charge in [-0.15, -0.1) is 0 Å². The van der Waals surface area contributed by atoms with Crippen LogP contribution in [0.25, 0.3) is 11.4 Å². The number of nitrogens with zero attached hydrogens (tertiary/aromatic N) is 2. The van der Waals surface area contributed by atoms with E-state index in [0.717, 1.165) is 11.3 Å². The van der Waals surface area contributed by atoms with Crippen molar-refractivity contribution in [1.82, 2.24) is 15.5 Å². The number of esters is 1. The quantitative estimate of drug-likeness (QED) is 0.727. The van der Waals surface area contributed by atoms with Crippen molar-refractivity contribution < 1.29 is 23.6 Å². The van der Waals surface area contributed by atoms with Crippen molar-refractivity contribution in [3.63, 3.8) is 0 Å². The number of hydrogen-bond acceptors (Lipinski definition) is 7. The maximum atomic E-state index is 11.7. The van der Waals surface area contributed by atoms with E-state index < -0.39 is 0 Å². The molecule has 0 bridgehead atoms. The van der Waals surface area contributed by atoms with Crippen molar-refractivity contribution >= 4 is 11.9 Å². The second-order valence-electron chi connectivity index (χ2n) is 4.92. The summed E-state index contributed by atoms with van der Waals surface area (Å²) in [6.07, 6.45) is 0.670. The van der Waals surface area contributed by atoms with Crippen LogP contribution in [0.3, 0.4) is 0 Å². The minimum atomic E-state index is -0.365. The Balaban J connectivity index is 1.80. The van der Waals surface area contributed by atoms with Gasteiger partial charge in [0.25, 0.3) is 0 Å². The van der Waals surface area contributed by atoms with Crippen LogP contribution in [0.5, 0.6) is 5.75 Å². The number of aromatic nitrogens is 2. The van der Waals surface area contributed by atoms with Gasteiger partial charge < -0.3 is 19.3 Å². The molecule has 8 heteroatoms. The second kappa shape index (κ2) is 8.66. The Kier molecular flexibility index (Phi) is 6.30. The highest BCUT2D eigenvalue weighted by molar-refractivity contribution is 5.77. The molecular formula is C16H19N3O5. The van der Waals surface area contributed by atoms with E-state index in [1.165, 1.54) is 7.11 Å². The minimum Gasteiger partial charge on any atom is -0.497 e. The van der Waals surface area contributed by atoms with E-state index in [9.17, 15) is 9.59 Å². The SMILES string of the molecule is COC(=O)CCNC(=O)CCc1nc(-c2ccc(OC)cc2)no1. The largest absolute Gasteiger partial charge is 0.497 e. The van der Waals surface area contributed by atoms with E-state index >= 15 is 0 Å². The van der Waals surface area contributed by atoms with Gasteiger partial charge in [-0.1, -0.05) is 5.16 Å². The van der Waals surface area contributed by atoms with Crippen LogP contribution in [0.2, 0.25) is 0 Å². The molecule has 2 aromatic rings. The van der Waals surface area contributed by atoms with Gasteiger partial charge in [0.2, 0.25) is 17.6 Å². The highest BCUT2D eigenvalue weighted by Gasteiger charge is 2.11. The Hall–Kier alpha value is -2.90. The van der Waals surface area contributed by atoms with Gasteiger partial charge in [-0.05, 0) is 24.3 Å². The number of methoxy groups -OCH3 is 2. The van der Waals surface area contributed by atoms with Crippen LogP contribution in [-0.2, 0) is 20.7 Å². The molecule has 0 aliphatic heterocycles. The molecule has 0 aliphatic rings. The van der Waals surface area contributed by atoms with E-state index in [1.54, 1.807) is 19.2 Å². The predicted molar refractivity (Wildman–Crippen MR) is 84.2 cm³/mol. The molecule has 0 unspecified atom stereocenters. The summed E-state index contributed by atoms with van der Waals surface area (Å²) in [6.45, 7) is 0.242. The van der Waals surface area contributed by atoms with Crippen molar-refractivity contribution in [1.29, 1.82) is 0 Å². The number of nitrogens with one attached hydrogen (secondary N) is 1. The third-order valence-corrected chi connectivity index (χ3v) is 3.26. The molecule has 0 saturated carbocycles. The first-order valence-electron chi connectivity index (χ1n) is 7.43. The van der Waals surface area contributed by atoms with Crippen molar-refractivity contribution in [3.05, 3.63) is 30.2 Å². The topological polar surface area (TPSA) is 104 Å². The maximum Gasteiger partial charge on any atom is 0.307 e. The third-order valence-electron chi connectivity index (χ3n) is 3.26. The number of carbonyl (C=O) groups excluding carboxylic acids is 2. The zero-order chi connectivity index (χ0) is 17.4. The van der Waals surface area contributed by atoms with E-state index in [2.05, 4.69) is 20.2 Å². The summed E-state index contributed by atoms with van der Waals surface area (Å²) in [7, 11) is 2.90. The lowest BCUT2D eigenvalue weighted by molar-refractivity contribution is -0.140. The molecule has 24 heavy (non-hydrogen) atoms. The Morgan fingerprint density at radius 2 is 1.92 bits per heavy atom. The summed E-state index contributed by atoms with van der Waals surface area (Å²) in [5.74, 6) is 1.02. The Morgan fingerprint density at radius 3 is 2.58 bits per heavy atom. The molecule has 1 N–H and O–H groups in total. The summed E-state index contributed by atoms with van der Waals surface area (Å²) in [6, 6.07) is 7.26. The molecule has 0 spiro atoms. The van der Waals surface area contributed by atoms with Crippen molar-refractivity contribution in [2.45, 2.75) is 19.3 Å². The first-order valence-corrected chi connectivity index (χ1v) is 7.43. The first-order chi connectivity index (χ1) is 11.6. The smallest absolute Gasteiger partial charge is 0.307 e. The number of ether oxygens (including phenoxy) is 2. The van der Waals surface area contributed by atoms with Crippen LogP contribution in [-0.4, -0.2) is 42.8 Å². The predicted octanol–water partition coefficient (Wildman–Crippen LogP) is 1.36. The highest BCUT2D eigenvalue weighted by atomic mass is 16.5. The molecule has 1 aromatic carbocycles. The fourth-order valence-corrected chi connectivity index (χ4v) is 1.93. The van der Waals surface area contributed by atoms with Crippen LogP contribution in [0.15, 0.2) is 28.8 Å². The lowest BCUT2D eigenvalue weighted by Crippen LogP contribution is -2.26. The lowest BCUT2D eigenvalue weighted by atomic mass is 10.2.